The highest BCUT2D eigenvalue weighted by atomic mass is 16.5. The molecule has 0 bridgehead atoms. The maximum absolute atomic E-state index is 9.04. The standard InChI is InChI=1S/C13H25NO2/c1-9(8-15)7-14-11-10-5-4-6-16-12(10)13(11,2)3/h9-12,14-15H,4-8H2,1-3H3. The van der Waals surface area contributed by atoms with Crippen molar-refractivity contribution in [2.75, 3.05) is 19.8 Å². The molecule has 94 valence electrons. The molecule has 1 saturated heterocycles. The van der Waals surface area contributed by atoms with Crippen LogP contribution in [0.25, 0.3) is 0 Å². The minimum atomic E-state index is 0.250. The molecule has 2 fully saturated rings. The Hall–Kier alpha value is -0.120. The predicted octanol–water partition coefficient (Wildman–Crippen LogP) is 1.41. The van der Waals surface area contributed by atoms with Crippen LogP contribution in [0.1, 0.15) is 33.6 Å². The minimum Gasteiger partial charge on any atom is -0.396 e. The van der Waals surface area contributed by atoms with Crippen molar-refractivity contribution in [2.24, 2.45) is 17.3 Å². The van der Waals surface area contributed by atoms with E-state index in [2.05, 4.69) is 26.1 Å². The van der Waals surface area contributed by atoms with E-state index in [-0.39, 0.29) is 12.0 Å². The van der Waals surface area contributed by atoms with Gasteiger partial charge >= 0.3 is 0 Å². The zero-order valence-electron chi connectivity index (χ0n) is 10.7. The highest BCUT2D eigenvalue weighted by molar-refractivity contribution is 5.10. The molecule has 0 amide bonds. The molecule has 4 unspecified atom stereocenters. The van der Waals surface area contributed by atoms with E-state index in [1.807, 2.05) is 0 Å². The van der Waals surface area contributed by atoms with Crippen molar-refractivity contribution in [1.29, 1.82) is 0 Å². The third kappa shape index (κ3) is 2.01. The molecule has 1 heterocycles. The van der Waals surface area contributed by atoms with Gasteiger partial charge < -0.3 is 15.2 Å². The molecule has 1 saturated carbocycles. The Morgan fingerprint density at radius 1 is 1.50 bits per heavy atom. The number of nitrogens with one attached hydrogen (secondary N) is 1. The first-order valence-electron chi connectivity index (χ1n) is 6.53. The van der Waals surface area contributed by atoms with Crippen molar-refractivity contribution in [3.63, 3.8) is 0 Å². The Kier molecular flexibility index (Phi) is 3.57. The van der Waals surface area contributed by atoms with E-state index in [4.69, 9.17) is 9.84 Å². The smallest absolute Gasteiger partial charge is 0.0684 e. The number of aliphatic hydroxyl groups is 1. The van der Waals surface area contributed by atoms with Crippen molar-refractivity contribution in [3.8, 4) is 0 Å². The van der Waals surface area contributed by atoms with Gasteiger partial charge in [-0.2, -0.15) is 0 Å². The number of aliphatic hydroxyl groups excluding tert-OH is 1. The van der Waals surface area contributed by atoms with E-state index in [9.17, 15) is 0 Å². The molecular formula is C13H25NO2. The molecule has 3 nitrogen and oxygen atoms in total. The van der Waals surface area contributed by atoms with Crippen LogP contribution in [0.4, 0.5) is 0 Å². The number of fused-ring (bicyclic) bond motifs is 1. The lowest BCUT2D eigenvalue weighted by molar-refractivity contribution is -0.193. The van der Waals surface area contributed by atoms with Crippen molar-refractivity contribution in [2.45, 2.75) is 45.8 Å². The minimum absolute atomic E-state index is 0.250. The number of hydrogen-bond acceptors (Lipinski definition) is 3. The van der Waals surface area contributed by atoms with Crippen molar-refractivity contribution in [1.82, 2.24) is 5.32 Å². The lowest BCUT2D eigenvalue weighted by Gasteiger charge is -2.60. The monoisotopic (exact) mass is 227 g/mol. The summed E-state index contributed by atoms with van der Waals surface area (Å²) in [5, 5.41) is 12.7. The lowest BCUT2D eigenvalue weighted by Crippen LogP contribution is -2.69. The Balaban J connectivity index is 1.89. The zero-order chi connectivity index (χ0) is 11.8. The van der Waals surface area contributed by atoms with Gasteiger partial charge in [0.1, 0.15) is 0 Å². The Morgan fingerprint density at radius 3 is 2.94 bits per heavy atom. The van der Waals surface area contributed by atoms with Crippen LogP contribution in [0.5, 0.6) is 0 Å². The highest BCUT2D eigenvalue weighted by Gasteiger charge is 2.57. The van der Waals surface area contributed by atoms with Gasteiger partial charge in [0.15, 0.2) is 0 Å². The largest absolute Gasteiger partial charge is 0.396 e. The summed E-state index contributed by atoms with van der Waals surface area (Å²) in [5.41, 5.74) is 0.250. The summed E-state index contributed by atoms with van der Waals surface area (Å²) >= 11 is 0. The van der Waals surface area contributed by atoms with Gasteiger partial charge in [0.25, 0.3) is 0 Å². The second kappa shape index (κ2) is 4.63. The van der Waals surface area contributed by atoms with E-state index in [0.29, 0.717) is 24.0 Å². The van der Waals surface area contributed by atoms with Gasteiger partial charge in [-0.15, -0.1) is 0 Å². The van der Waals surface area contributed by atoms with Crippen molar-refractivity contribution < 1.29 is 9.84 Å². The van der Waals surface area contributed by atoms with E-state index < -0.39 is 0 Å². The van der Waals surface area contributed by atoms with Crippen LogP contribution in [0.3, 0.4) is 0 Å². The molecular weight excluding hydrogens is 202 g/mol. The fourth-order valence-corrected chi connectivity index (χ4v) is 3.33. The lowest BCUT2D eigenvalue weighted by atomic mass is 9.55. The molecule has 3 heteroatoms. The number of ether oxygens (including phenoxy) is 1. The predicted molar refractivity (Wildman–Crippen MR) is 64.3 cm³/mol. The van der Waals surface area contributed by atoms with Gasteiger partial charge in [0.2, 0.25) is 0 Å². The highest BCUT2D eigenvalue weighted by Crippen LogP contribution is 2.51. The first kappa shape index (κ1) is 12.3. The van der Waals surface area contributed by atoms with Gasteiger partial charge in [-0.1, -0.05) is 20.8 Å². The molecule has 4 atom stereocenters. The summed E-state index contributed by atoms with van der Waals surface area (Å²) in [6.45, 7) is 8.78. The molecule has 2 aliphatic rings. The molecule has 0 aromatic heterocycles. The average molecular weight is 227 g/mol. The van der Waals surface area contributed by atoms with Crippen molar-refractivity contribution >= 4 is 0 Å². The fourth-order valence-electron chi connectivity index (χ4n) is 3.33. The Labute approximate surface area is 98.6 Å². The van der Waals surface area contributed by atoms with E-state index >= 15 is 0 Å². The van der Waals surface area contributed by atoms with Gasteiger partial charge in [0.05, 0.1) is 6.10 Å². The van der Waals surface area contributed by atoms with Gasteiger partial charge in [-0.3, -0.25) is 0 Å². The summed E-state index contributed by atoms with van der Waals surface area (Å²) in [6, 6.07) is 0.562. The van der Waals surface area contributed by atoms with Gasteiger partial charge in [0, 0.05) is 37.1 Å². The van der Waals surface area contributed by atoms with Crippen LogP contribution in [-0.4, -0.2) is 37.0 Å². The Bertz CT molecular complexity index is 242. The average Bonchev–Trinajstić information content (AvgIpc) is 2.28. The van der Waals surface area contributed by atoms with Crippen LogP contribution >= 0.6 is 0 Å². The van der Waals surface area contributed by atoms with Crippen molar-refractivity contribution in [3.05, 3.63) is 0 Å². The van der Waals surface area contributed by atoms with Crippen LogP contribution in [0, 0.1) is 17.3 Å². The quantitative estimate of drug-likeness (QED) is 0.763. The van der Waals surface area contributed by atoms with E-state index in [0.717, 1.165) is 13.2 Å². The molecule has 1 aliphatic carbocycles. The fraction of sp³-hybridized carbons (Fsp3) is 1.00. The molecule has 1 aliphatic heterocycles. The maximum Gasteiger partial charge on any atom is 0.0684 e. The van der Waals surface area contributed by atoms with Crippen LogP contribution in [0.2, 0.25) is 0 Å². The molecule has 2 N–H and O–H groups in total. The third-order valence-electron chi connectivity index (χ3n) is 4.33. The molecule has 2 rings (SSSR count). The number of rotatable bonds is 4. The SMILES string of the molecule is CC(CO)CNC1C2CCCOC2C1(C)C. The summed E-state index contributed by atoms with van der Waals surface area (Å²) in [5.74, 6) is 1.04. The summed E-state index contributed by atoms with van der Waals surface area (Å²) in [7, 11) is 0. The first-order valence-corrected chi connectivity index (χ1v) is 6.53. The topological polar surface area (TPSA) is 41.5 Å². The molecule has 0 aromatic carbocycles. The summed E-state index contributed by atoms with van der Waals surface area (Å²) in [6.07, 6.45) is 2.94. The first-order chi connectivity index (χ1) is 7.57. The zero-order valence-corrected chi connectivity index (χ0v) is 10.7. The van der Waals surface area contributed by atoms with E-state index in [1.165, 1.54) is 12.8 Å². The third-order valence-corrected chi connectivity index (χ3v) is 4.33. The molecule has 16 heavy (non-hydrogen) atoms. The van der Waals surface area contributed by atoms with Gasteiger partial charge in [-0.25, -0.2) is 0 Å². The molecule has 0 spiro atoms. The second-order valence-electron chi connectivity index (χ2n) is 6.09. The van der Waals surface area contributed by atoms with Crippen LogP contribution in [-0.2, 0) is 4.74 Å². The van der Waals surface area contributed by atoms with Crippen LogP contribution < -0.4 is 5.32 Å². The van der Waals surface area contributed by atoms with E-state index in [1.54, 1.807) is 0 Å². The van der Waals surface area contributed by atoms with Gasteiger partial charge in [-0.05, 0) is 18.8 Å². The summed E-state index contributed by atoms with van der Waals surface area (Å²) in [4.78, 5) is 0. The molecule has 0 aromatic rings. The normalized spacial score (nSPS) is 38.6. The second-order valence-corrected chi connectivity index (χ2v) is 6.09. The number of hydrogen-bond donors (Lipinski definition) is 2. The van der Waals surface area contributed by atoms with Crippen LogP contribution in [0.15, 0.2) is 0 Å². The summed E-state index contributed by atoms with van der Waals surface area (Å²) < 4.78 is 5.87. The molecule has 0 radical (unpaired) electrons. The Morgan fingerprint density at radius 2 is 2.25 bits per heavy atom. The maximum atomic E-state index is 9.04.